The van der Waals surface area contributed by atoms with Crippen molar-refractivity contribution in [2.75, 3.05) is 18.2 Å². The average molecular weight is 284 g/mol. The number of nitrogens with zero attached hydrogens (tertiary/aromatic N) is 1. The Kier molecular flexibility index (Phi) is 4.26. The van der Waals surface area contributed by atoms with Gasteiger partial charge in [0.05, 0.1) is 6.10 Å². The number of amides is 1. The summed E-state index contributed by atoms with van der Waals surface area (Å²) < 4.78 is 9.29. The molecule has 0 atom stereocenters. The lowest BCUT2D eigenvalue weighted by Crippen LogP contribution is -2.40. The van der Waals surface area contributed by atoms with Gasteiger partial charge >= 0.3 is 0 Å². The molecule has 0 unspecified atom stereocenters. The smallest absolute Gasteiger partial charge is 0.258 e. The van der Waals surface area contributed by atoms with Gasteiger partial charge in [-0.1, -0.05) is 0 Å². The van der Waals surface area contributed by atoms with Crippen molar-refractivity contribution in [3.63, 3.8) is 0 Å². The van der Waals surface area contributed by atoms with E-state index in [0.717, 1.165) is 17.8 Å². The van der Waals surface area contributed by atoms with Crippen LogP contribution in [0.3, 0.4) is 0 Å². The predicted octanol–water partition coefficient (Wildman–Crippen LogP) is 1.45. The number of rotatable bonds is 5. The Bertz CT molecular complexity index is 455. The largest absolute Gasteiger partial charge is 0.382 e. The van der Waals surface area contributed by atoms with Crippen molar-refractivity contribution >= 4 is 28.3 Å². The Morgan fingerprint density at radius 1 is 1.53 bits per heavy atom. The number of methoxy groups -OCH3 is 1. The molecule has 1 amide bonds. The van der Waals surface area contributed by atoms with Gasteiger partial charge in [0.2, 0.25) is 0 Å². The van der Waals surface area contributed by atoms with Crippen LogP contribution in [0.25, 0.3) is 0 Å². The first-order chi connectivity index (χ1) is 9.01. The van der Waals surface area contributed by atoms with E-state index in [2.05, 4.69) is 15.0 Å². The number of anilines is 2. The Morgan fingerprint density at radius 2 is 2.21 bits per heavy atom. The van der Waals surface area contributed by atoms with E-state index in [-0.39, 0.29) is 17.8 Å². The monoisotopic (exact) mass is 284 g/mol. The van der Waals surface area contributed by atoms with Crippen LogP contribution < -0.4 is 16.4 Å². The fourth-order valence-electron chi connectivity index (χ4n) is 2.02. The lowest BCUT2D eigenvalue weighted by molar-refractivity contribution is 0.0329. The van der Waals surface area contributed by atoms with Crippen molar-refractivity contribution in [3.05, 3.63) is 5.56 Å². The average Bonchev–Trinajstić information content (AvgIpc) is 2.63. The van der Waals surface area contributed by atoms with Gasteiger partial charge < -0.3 is 21.1 Å². The minimum atomic E-state index is -0.175. The summed E-state index contributed by atoms with van der Waals surface area (Å²) in [7, 11) is 1.72. The molecule has 1 aliphatic carbocycles. The van der Waals surface area contributed by atoms with Gasteiger partial charge in [-0.25, -0.2) is 0 Å². The van der Waals surface area contributed by atoms with Crippen LogP contribution in [0.5, 0.6) is 0 Å². The second-order valence-corrected chi connectivity index (χ2v) is 5.84. The van der Waals surface area contributed by atoms with Crippen molar-refractivity contribution in [2.24, 2.45) is 0 Å². The molecule has 0 saturated heterocycles. The highest BCUT2D eigenvalue weighted by atomic mass is 32.1. The van der Waals surface area contributed by atoms with Crippen molar-refractivity contribution in [2.45, 2.75) is 44.9 Å². The van der Waals surface area contributed by atoms with Gasteiger partial charge in [0.25, 0.3) is 5.91 Å². The Labute approximate surface area is 116 Å². The summed E-state index contributed by atoms with van der Waals surface area (Å²) in [5, 5.41) is 6.91. The molecule has 1 aliphatic rings. The molecule has 0 aliphatic heterocycles. The highest BCUT2D eigenvalue weighted by Crippen LogP contribution is 2.32. The minimum absolute atomic E-state index is 0.0706. The number of carbonyl (C=O) groups is 1. The molecule has 6 nitrogen and oxygen atoms in total. The maximum Gasteiger partial charge on any atom is 0.258 e. The summed E-state index contributed by atoms with van der Waals surface area (Å²) in [6, 6.07) is 0.400. The maximum absolute atomic E-state index is 12.1. The van der Waals surface area contributed by atoms with Gasteiger partial charge in [0.1, 0.15) is 10.6 Å². The molecule has 1 aromatic rings. The van der Waals surface area contributed by atoms with E-state index in [9.17, 15) is 4.79 Å². The topological polar surface area (TPSA) is 89.3 Å². The molecule has 106 valence electrons. The molecule has 0 bridgehead atoms. The van der Waals surface area contributed by atoms with Crippen LogP contribution in [0.4, 0.5) is 10.8 Å². The second-order valence-electron chi connectivity index (χ2n) is 5.07. The van der Waals surface area contributed by atoms with Crippen LogP contribution in [0, 0.1) is 0 Å². The standard InChI is InChI=1S/C12H20N4O2S/c1-6(2)14-11(17)9-10(13)16-19-12(9)15-7-4-8(5-7)18-3/h6-8,15H,4-5H2,1-3H3,(H2,13,16)(H,14,17). The maximum atomic E-state index is 12.1. The lowest BCUT2D eigenvalue weighted by Gasteiger charge is -2.34. The number of carbonyl (C=O) groups excluding carboxylic acids is 1. The third-order valence-electron chi connectivity index (χ3n) is 3.13. The molecule has 0 radical (unpaired) electrons. The molecule has 1 fully saturated rings. The van der Waals surface area contributed by atoms with E-state index < -0.39 is 0 Å². The zero-order chi connectivity index (χ0) is 14.0. The molecular formula is C12H20N4O2S. The summed E-state index contributed by atoms with van der Waals surface area (Å²) >= 11 is 1.23. The molecule has 0 spiro atoms. The van der Waals surface area contributed by atoms with Gasteiger partial charge in [0, 0.05) is 19.2 Å². The van der Waals surface area contributed by atoms with Crippen molar-refractivity contribution in [1.29, 1.82) is 0 Å². The number of nitrogen functional groups attached to an aromatic ring is 1. The Morgan fingerprint density at radius 3 is 2.79 bits per heavy atom. The third-order valence-corrected chi connectivity index (χ3v) is 3.92. The van der Waals surface area contributed by atoms with Crippen LogP contribution in [-0.4, -0.2) is 35.6 Å². The summed E-state index contributed by atoms with van der Waals surface area (Å²) in [5.74, 6) is 0.111. The van der Waals surface area contributed by atoms with Gasteiger partial charge in [-0.2, -0.15) is 4.37 Å². The number of hydrogen-bond donors (Lipinski definition) is 3. The predicted molar refractivity (Wildman–Crippen MR) is 76.6 cm³/mol. The molecule has 2 rings (SSSR count). The molecule has 1 heterocycles. The van der Waals surface area contributed by atoms with Crippen molar-refractivity contribution in [3.8, 4) is 0 Å². The summed E-state index contributed by atoms with van der Waals surface area (Å²) in [6.07, 6.45) is 2.20. The Balaban J connectivity index is 2.03. The van der Waals surface area contributed by atoms with Gasteiger partial charge in [-0.15, -0.1) is 0 Å². The molecular weight excluding hydrogens is 264 g/mol. The molecule has 1 aromatic heterocycles. The third kappa shape index (κ3) is 3.16. The minimum Gasteiger partial charge on any atom is -0.382 e. The molecule has 4 N–H and O–H groups in total. The summed E-state index contributed by atoms with van der Waals surface area (Å²) in [4.78, 5) is 12.1. The van der Waals surface area contributed by atoms with Gasteiger partial charge in [-0.3, -0.25) is 4.79 Å². The highest BCUT2D eigenvalue weighted by Gasteiger charge is 2.31. The van der Waals surface area contributed by atoms with E-state index in [1.807, 2.05) is 13.8 Å². The number of nitrogens with one attached hydrogen (secondary N) is 2. The number of nitrogens with two attached hydrogens (primary N) is 1. The first-order valence-electron chi connectivity index (χ1n) is 6.36. The second kappa shape index (κ2) is 5.75. The van der Waals surface area contributed by atoms with E-state index >= 15 is 0 Å². The van der Waals surface area contributed by atoms with E-state index in [0.29, 0.717) is 17.7 Å². The van der Waals surface area contributed by atoms with E-state index in [1.165, 1.54) is 11.5 Å². The Hall–Kier alpha value is -1.34. The van der Waals surface area contributed by atoms with E-state index in [1.54, 1.807) is 7.11 Å². The molecule has 19 heavy (non-hydrogen) atoms. The van der Waals surface area contributed by atoms with Crippen LogP contribution in [0.2, 0.25) is 0 Å². The fraction of sp³-hybridized carbons (Fsp3) is 0.667. The van der Waals surface area contributed by atoms with Gasteiger partial charge in [-0.05, 0) is 38.2 Å². The first-order valence-corrected chi connectivity index (χ1v) is 7.14. The van der Waals surface area contributed by atoms with Crippen LogP contribution in [-0.2, 0) is 4.74 Å². The zero-order valence-electron chi connectivity index (χ0n) is 11.4. The number of aromatic nitrogens is 1. The number of hydrogen-bond acceptors (Lipinski definition) is 6. The lowest BCUT2D eigenvalue weighted by atomic mass is 9.89. The molecule has 7 heteroatoms. The molecule has 1 saturated carbocycles. The summed E-state index contributed by atoms with van der Waals surface area (Å²) in [5.41, 5.74) is 6.24. The van der Waals surface area contributed by atoms with Crippen molar-refractivity contribution in [1.82, 2.24) is 9.69 Å². The highest BCUT2D eigenvalue weighted by molar-refractivity contribution is 7.11. The van der Waals surface area contributed by atoms with Crippen LogP contribution >= 0.6 is 11.5 Å². The van der Waals surface area contributed by atoms with E-state index in [4.69, 9.17) is 10.5 Å². The quantitative estimate of drug-likeness (QED) is 0.761. The van der Waals surface area contributed by atoms with Crippen molar-refractivity contribution < 1.29 is 9.53 Å². The first kappa shape index (κ1) is 14.1. The number of ether oxygens (including phenoxy) is 1. The van der Waals surface area contributed by atoms with Crippen LogP contribution in [0.15, 0.2) is 0 Å². The molecule has 0 aromatic carbocycles. The summed E-state index contributed by atoms with van der Waals surface area (Å²) in [6.45, 7) is 3.83. The SMILES string of the molecule is COC1CC(Nc2snc(N)c2C(=O)NC(C)C)C1. The normalized spacial score (nSPS) is 22.1. The zero-order valence-corrected chi connectivity index (χ0v) is 12.2. The van der Waals surface area contributed by atoms with Gasteiger partial charge in [0.15, 0.2) is 5.82 Å². The fourth-order valence-corrected chi connectivity index (χ4v) is 2.80. The van der Waals surface area contributed by atoms with Crippen LogP contribution in [0.1, 0.15) is 37.0 Å².